The second-order valence-corrected chi connectivity index (χ2v) is 8.90. The summed E-state index contributed by atoms with van der Waals surface area (Å²) in [5.41, 5.74) is 6.09. The lowest BCUT2D eigenvalue weighted by Gasteiger charge is -2.21. The van der Waals surface area contributed by atoms with E-state index in [2.05, 4.69) is 36.0 Å². The number of aliphatic hydroxyl groups is 1. The molecule has 0 aromatic heterocycles. The second-order valence-electron chi connectivity index (χ2n) is 8.90. The van der Waals surface area contributed by atoms with E-state index in [0.717, 1.165) is 33.6 Å². The Morgan fingerprint density at radius 1 is 0.974 bits per heavy atom. The van der Waals surface area contributed by atoms with Crippen molar-refractivity contribution >= 4 is 11.7 Å². The van der Waals surface area contributed by atoms with E-state index >= 15 is 0 Å². The average molecular weight is 528 g/mol. The third-order valence-electron chi connectivity index (χ3n) is 6.04. The minimum atomic E-state index is -4.03. The fourth-order valence-electron chi connectivity index (χ4n) is 4.20. The van der Waals surface area contributed by atoms with Crippen LogP contribution in [0.5, 0.6) is 5.75 Å². The van der Waals surface area contributed by atoms with Crippen molar-refractivity contribution in [3.05, 3.63) is 82.9 Å². The molecule has 204 valence electrons. The standard InChI is InChI=1S/C30H35F2NO5/c1-5-36-14-15-38-26-16-20(3)27(21(4)17-26)24-9-7-8-22(18-24)19-33-25-12-10-23(11-13-25)28(34)30(31,32)29(35)37-6-2/h7-13,16-18,28,33-34H,5-6,14-15,19H2,1-4H3. The van der Waals surface area contributed by atoms with Gasteiger partial charge < -0.3 is 24.6 Å². The van der Waals surface area contributed by atoms with Crippen molar-refractivity contribution in [2.24, 2.45) is 0 Å². The number of rotatable bonds is 13. The van der Waals surface area contributed by atoms with Gasteiger partial charge in [0.2, 0.25) is 0 Å². The summed E-state index contributed by atoms with van der Waals surface area (Å²) >= 11 is 0. The first-order valence-corrected chi connectivity index (χ1v) is 12.6. The van der Waals surface area contributed by atoms with E-state index in [1.807, 2.05) is 31.2 Å². The minimum absolute atomic E-state index is 0.0770. The zero-order chi connectivity index (χ0) is 27.7. The van der Waals surface area contributed by atoms with Crippen molar-refractivity contribution in [1.82, 2.24) is 0 Å². The van der Waals surface area contributed by atoms with E-state index in [9.17, 15) is 18.7 Å². The molecule has 0 radical (unpaired) electrons. The lowest BCUT2D eigenvalue weighted by atomic mass is 9.94. The Morgan fingerprint density at radius 3 is 2.29 bits per heavy atom. The zero-order valence-corrected chi connectivity index (χ0v) is 22.2. The summed E-state index contributed by atoms with van der Waals surface area (Å²) in [5.74, 6) is -4.96. The SMILES string of the molecule is CCOCCOc1cc(C)c(-c2cccc(CNc3ccc(C(O)C(F)(F)C(=O)OCC)cc3)c2)c(C)c1. The van der Waals surface area contributed by atoms with E-state index in [1.165, 1.54) is 19.1 Å². The molecule has 1 atom stereocenters. The van der Waals surface area contributed by atoms with Gasteiger partial charge in [-0.05, 0) is 91.4 Å². The van der Waals surface area contributed by atoms with Crippen molar-refractivity contribution in [1.29, 1.82) is 0 Å². The van der Waals surface area contributed by atoms with Crippen molar-refractivity contribution in [3.8, 4) is 16.9 Å². The molecule has 0 saturated carbocycles. The van der Waals surface area contributed by atoms with Crippen molar-refractivity contribution < 1.29 is 32.9 Å². The molecule has 0 amide bonds. The number of ether oxygens (including phenoxy) is 3. The highest BCUT2D eigenvalue weighted by Crippen LogP contribution is 2.34. The van der Waals surface area contributed by atoms with Crippen LogP contribution in [-0.4, -0.2) is 43.4 Å². The summed E-state index contributed by atoms with van der Waals surface area (Å²) in [5, 5.41) is 13.3. The van der Waals surface area contributed by atoms with Gasteiger partial charge in [-0.25, -0.2) is 4.79 Å². The number of esters is 1. The summed E-state index contributed by atoms with van der Waals surface area (Å²) in [4.78, 5) is 11.5. The summed E-state index contributed by atoms with van der Waals surface area (Å²) < 4.78 is 43.8. The van der Waals surface area contributed by atoms with Crippen molar-refractivity contribution in [2.45, 2.75) is 46.3 Å². The number of hydrogen-bond donors (Lipinski definition) is 2. The quantitative estimate of drug-likeness (QED) is 0.203. The Hall–Kier alpha value is -3.49. The van der Waals surface area contributed by atoms with Crippen LogP contribution < -0.4 is 10.1 Å². The molecule has 2 N–H and O–H groups in total. The first-order valence-electron chi connectivity index (χ1n) is 12.6. The number of carbonyl (C=O) groups is 1. The van der Waals surface area contributed by atoms with E-state index in [4.69, 9.17) is 9.47 Å². The maximum Gasteiger partial charge on any atom is 0.380 e. The monoisotopic (exact) mass is 527 g/mol. The van der Waals surface area contributed by atoms with E-state index in [-0.39, 0.29) is 12.2 Å². The van der Waals surface area contributed by atoms with Gasteiger partial charge in [-0.3, -0.25) is 0 Å². The van der Waals surface area contributed by atoms with Gasteiger partial charge in [-0.2, -0.15) is 8.78 Å². The molecule has 0 aliphatic heterocycles. The van der Waals surface area contributed by atoms with Crippen LogP contribution in [0.1, 0.15) is 42.2 Å². The summed E-state index contributed by atoms with van der Waals surface area (Å²) in [6, 6.07) is 18.1. The van der Waals surface area contributed by atoms with Gasteiger partial charge in [-0.15, -0.1) is 0 Å². The number of halogens is 2. The fraction of sp³-hybridized carbons (Fsp3) is 0.367. The number of hydrogen-bond acceptors (Lipinski definition) is 6. The van der Waals surface area contributed by atoms with E-state index in [0.29, 0.717) is 32.1 Å². The smallest absolute Gasteiger partial charge is 0.380 e. The molecule has 6 nitrogen and oxygen atoms in total. The first-order chi connectivity index (χ1) is 18.2. The lowest BCUT2D eigenvalue weighted by molar-refractivity contribution is -0.189. The molecule has 0 aliphatic carbocycles. The normalized spacial score (nSPS) is 12.2. The summed E-state index contributed by atoms with van der Waals surface area (Å²) in [6.45, 7) is 9.52. The van der Waals surface area contributed by atoms with Crippen LogP contribution in [0.2, 0.25) is 0 Å². The third kappa shape index (κ3) is 7.30. The molecule has 8 heteroatoms. The molecule has 38 heavy (non-hydrogen) atoms. The van der Waals surface area contributed by atoms with Crippen LogP contribution in [0.4, 0.5) is 14.5 Å². The third-order valence-corrected chi connectivity index (χ3v) is 6.04. The van der Waals surface area contributed by atoms with Crippen LogP contribution in [0.25, 0.3) is 11.1 Å². The molecular formula is C30H35F2NO5. The van der Waals surface area contributed by atoms with Gasteiger partial charge in [-0.1, -0.05) is 30.3 Å². The Kier molecular flexibility index (Phi) is 10.2. The minimum Gasteiger partial charge on any atom is -0.491 e. The Labute approximate surface area is 222 Å². The van der Waals surface area contributed by atoms with Gasteiger partial charge in [0, 0.05) is 18.8 Å². The molecule has 3 rings (SSSR count). The molecule has 3 aromatic rings. The number of aliphatic hydroxyl groups excluding tert-OH is 1. The number of carbonyl (C=O) groups excluding carboxylic acids is 1. The maximum atomic E-state index is 14.1. The van der Waals surface area contributed by atoms with Crippen molar-refractivity contribution in [3.63, 3.8) is 0 Å². The molecule has 0 spiro atoms. The predicted octanol–water partition coefficient (Wildman–Crippen LogP) is 6.23. The molecule has 3 aromatic carbocycles. The highest BCUT2D eigenvalue weighted by atomic mass is 19.3. The Balaban J connectivity index is 1.67. The Morgan fingerprint density at radius 2 is 1.66 bits per heavy atom. The van der Waals surface area contributed by atoms with Crippen LogP contribution in [0.3, 0.4) is 0 Å². The zero-order valence-electron chi connectivity index (χ0n) is 22.2. The van der Waals surface area contributed by atoms with E-state index in [1.54, 1.807) is 12.1 Å². The van der Waals surface area contributed by atoms with Gasteiger partial charge in [0.15, 0.2) is 6.10 Å². The average Bonchev–Trinajstić information content (AvgIpc) is 2.90. The number of benzene rings is 3. The van der Waals surface area contributed by atoms with Gasteiger partial charge >= 0.3 is 11.9 Å². The predicted molar refractivity (Wildman–Crippen MR) is 144 cm³/mol. The Bertz CT molecular complexity index is 1190. The number of anilines is 1. The molecule has 0 bridgehead atoms. The fourth-order valence-corrected chi connectivity index (χ4v) is 4.20. The first kappa shape index (κ1) is 29.1. The number of aryl methyl sites for hydroxylation is 2. The highest BCUT2D eigenvalue weighted by Gasteiger charge is 2.48. The van der Waals surface area contributed by atoms with Crippen LogP contribution in [0.15, 0.2) is 60.7 Å². The molecule has 1 unspecified atom stereocenters. The second kappa shape index (κ2) is 13.3. The van der Waals surface area contributed by atoms with Crippen LogP contribution in [0, 0.1) is 13.8 Å². The largest absolute Gasteiger partial charge is 0.491 e. The molecule has 0 fully saturated rings. The van der Waals surface area contributed by atoms with Crippen LogP contribution >= 0.6 is 0 Å². The van der Waals surface area contributed by atoms with Gasteiger partial charge in [0.05, 0.1) is 13.2 Å². The molecule has 0 heterocycles. The summed E-state index contributed by atoms with van der Waals surface area (Å²) in [7, 11) is 0. The van der Waals surface area contributed by atoms with E-state index < -0.39 is 18.0 Å². The number of alkyl halides is 2. The van der Waals surface area contributed by atoms with Gasteiger partial charge in [0.25, 0.3) is 0 Å². The van der Waals surface area contributed by atoms with Crippen LogP contribution in [-0.2, 0) is 20.8 Å². The number of nitrogens with one attached hydrogen (secondary N) is 1. The summed E-state index contributed by atoms with van der Waals surface area (Å²) in [6.07, 6.45) is -2.29. The lowest BCUT2D eigenvalue weighted by Crippen LogP contribution is -2.37. The highest BCUT2D eigenvalue weighted by molar-refractivity contribution is 5.78. The maximum absolute atomic E-state index is 14.1. The molecular weight excluding hydrogens is 492 g/mol. The molecule has 0 saturated heterocycles. The van der Waals surface area contributed by atoms with Crippen molar-refractivity contribution in [2.75, 3.05) is 31.7 Å². The molecule has 0 aliphatic rings. The topological polar surface area (TPSA) is 77.0 Å². The van der Waals surface area contributed by atoms with Gasteiger partial charge in [0.1, 0.15) is 12.4 Å².